The van der Waals surface area contributed by atoms with Crippen LogP contribution in [-0.2, 0) is 21.4 Å². The van der Waals surface area contributed by atoms with Gasteiger partial charge in [-0.1, -0.05) is 45.0 Å². The minimum absolute atomic E-state index is 0.0183. The van der Waals surface area contributed by atoms with E-state index in [2.05, 4.69) is 4.72 Å². The van der Waals surface area contributed by atoms with Gasteiger partial charge in [-0.15, -0.1) is 0 Å². The number of benzene rings is 2. The lowest BCUT2D eigenvalue weighted by Gasteiger charge is -2.35. The Labute approximate surface area is 185 Å². The summed E-state index contributed by atoms with van der Waals surface area (Å²) in [7, 11) is -3.83. The van der Waals surface area contributed by atoms with Crippen LogP contribution < -0.4 is 4.72 Å². The minimum atomic E-state index is -3.83. The average molecular weight is 456 g/mol. The number of amides is 1. The molecule has 2 aliphatic rings. The first kappa shape index (κ1) is 22.0. The summed E-state index contributed by atoms with van der Waals surface area (Å²) in [6, 6.07) is 10.4. The fourth-order valence-corrected chi connectivity index (χ4v) is 5.84. The summed E-state index contributed by atoms with van der Waals surface area (Å²) >= 11 is 0. The van der Waals surface area contributed by atoms with Gasteiger partial charge in [0, 0.05) is 6.54 Å². The van der Waals surface area contributed by atoms with Crippen LogP contribution in [0.1, 0.15) is 43.5 Å². The molecule has 1 unspecified atom stereocenters. The van der Waals surface area contributed by atoms with Gasteiger partial charge in [-0.2, -0.15) is 9.98 Å². The van der Waals surface area contributed by atoms with Crippen LogP contribution >= 0.6 is 0 Å². The molecule has 0 radical (unpaired) electrons. The molecule has 0 fully saturated rings. The van der Waals surface area contributed by atoms with Gasteiger partial charge >= 0.3 is 0 Å². The number of aliphatic hydroxyl groups is 1. The summed E-state index contributed by atoms with van der Waals surface area (Å²) in [6.07, 6.45) is 0. The van der Waals surface area contributed by atoms with Crippen LogP contribution in [0.15, 0.2) is 58.7 Å². The number of aliphatic hydroxyl groups excluding tert-OH is 1. The van der Waals surface area contributed by atoms with Gasteiger partial charge in [0.05, 0.1) is 28.1 Å². The second kappa shape index (κ2) is 7.43. The van der Waals surface area contributed by atoms with Crippen molar-refractivity contribution in [3.8, 4) is 6.07 Å². The molecular weight excluding hydrogens is 433 g/mol. The summed E-state index contributed by atoms with van der Waals surface area (Å²) < 4.78 is 41.4. The Bertz CT molecular complexity index is 1310. The number of nitrogens with one attached hydrogen (secondary N) is 1. The number of hydrogen-bond donors (Lipinski definition) is 2. The summed E-state index contributed by atoms with van der Waals surface area (Å²) in [5.74, 6) is -1.38. The molecule has 0 bridgehead atoms. The highest BCUT2D eigenvalue weighted by molar-refractivity contribution is 7.89. The maximum Gasteiger partial charge on any atom is 0.256 e. The van der Waals surface area contributed by atoms with E-state index in [1.54, 1.807) is 24.3 Å². The van der Waals surface area contributed by atoms with Gasteiger partial charge in [0.2, 0.25) is 10.0 Å². The van der Waals surface area contributed by atoms with Crippen molar-refractivity contribution in [2.45, 2.75) is 44.3 Å². The maximum atomic E-state index is 13.8. The van der Waals surface area contributed by atoms with Gasteiger partial charge in [0.15, 0.2) is 0 Å². The molecule has 2 aromatic rings. The van der Waals surface area contributed by atoms with Crippen molar-refractivity contribution in [2.24, 2.45) is 5.41 Å². The average Bonchev–Trinajstić information content (AvgIpc) is 3.13. The van der Waals surface area contributed by atoms with Crippen molar-refractivity contribution in [1.29, 1.82) is 5.26 Å². The fraction of sp³-hybridized carbons (Fsp3) is 0.304. The van der Waals surface area contributed by atoms with Gasteiger partial charge in [0.25, 0.3) is 5.91 Å². The second-order valence-corrected chi connectivity index (χ2v) is 10.7. The fourth-order valence-electron chi connectivity index (χ4n) is 4.40. The van der Waals surface area contributed by atoms with Crippen LogP contribution in [0.5, 0.6) is 0 Å². The Morgan fingerprint density at radius 1 is 1.22 bits per heavy atom. The zero-order valence-corrected chi connectivity index (χ0v) is 18.6. The Morgan fingerprint density at radius 2 is 1.91 bits per heavy atom. The summed E-state index contributed by atoms with van der Waals surface area (Å²) in [5, 5.41) is 20.3. The molecule has 2 aliphatic heterocycles. The minimum Gasteiger partial charge on any atom is -0.510 e. The van der Waals surface area contributed by atoms with E-state index in [1.165, 1.54) is 23.1 Å². The molecule has 32 heavy (non-hydrogen) atoms. The number of nitriles is 1. The molecule has 0 aliphatic carbocycles. The van der Waals surface area contributed by atoms with Crippen molar-refractivity contribution in [3.63, 3.8) is 0 Å². The Balaban J connectivity index is 1.78. The van der Waals surface area contributed by atoms with Crippen molar-refractivity contribution in [3.05, 3.63) is 76.3 Å². The molecule has 2 atom stereocenters. The van der Waals surface area contributed by atoms with E-state index in [0.29, 0.717) is 11.1 Å². The lowest BCUT2D eigenvalue weighted by molar-refractivity contribution is -0.129. The normalized spacial score (nSPS) is 22.2. The SMILES string of the molecule is CC(C)(C)[C@H]1C(O)=C(C2NS(=O)(=O)c3ccccc32)C(=O)N1Cc1ccc(F)c(C#N)c1. The van der Waals surface area contributed by atoms with E-state index >= 15 is 0 Å². The molecule has 1 amide bonds. The first-order chi connectivity index (χ1) is 15.0. The highest BCUT2D eigenvalue weighted by Gasteiger charge is 2.50. The van der Waals surface area contributed by atoms with Crippen molar-refractivity contribution in [2.75, 3.05) is 0 Å². The first-order valence-corrected chi connectivity index (χ1v) is 11.5. The number of fused-ring (bicyclic) bond motifs is 1. The Morgan fingerprint density at radius 3 is 2.56 bits per heavy atom. The predicted molar refractivity (Wildman–Crippen MR) is 114 cm³/mol. The van der Waals surface area contributed by atoms with Gasteiger partial charge in [-0.05, 0) is 34.7 Å². The molecule has 2 aromatic carbocycles. The summed E-state index contributed by atoms with van der Waals surface area (Å²) in [4.78, 5) is 15.0. The van der Waals surface area contributed by atoms with Crippen molar-refractivity contribution < 1.29 is 22.7 Å². The standard InChI is InChI=1S/C23H22FN3O4S/c1-23(2,3)21-20(28)18(19-15-6-4-5-7-17(15)32(30,31)26-19)22(29)27(21)12-13-8-9-16(24)14(10-13)11-25/h4-10,19,21,26,28H,12H2,1-3H3/t19?,21-/m1/s1. The lowest BCUT2D eigenvalue weighted by atomic mass is 9.84. The molecule has 0 saturated heterocycles. The molecular formula is C23H22FN3O4S. The third kappa shape index (κ3) is 3.45. The molecule has 4 rings (SSSR count). The summed E-state index contributed by atoms with van der Waals surface area (Å²) in [6.45, 7) is 5.59. The van der Waals surface area contributed by atoms with E-state index < -0.39 is 39.2 Å². The van der Waals surface area contributed by atoms with Crippen molar-refractivity contribution >= 4 is 15.9 Å². The third-order valence-corrected chi connectivity index (χ3v) is 7.24. The maximum absolute atomic E-state index is 13.8. The van der Waals surface area contributed by atoms with Crippen LogP contribution in [0.2, 0.25) is 0 Å². The number of carbonyl (C=O) groups is 1. The van der Waals surface area contributed by atoms with Gasteiger partial charge in [0.1, 0.15) is 17.6 Å². The molecule has 0 saturated carbocycles. The van der Waals surface area contributed by atoms with Crippen LogP contribution in [0.25, 0.3) is 0 Å². The zero-order chi connectivity index (χ0) is 23.4. The smallest absolute Gasteiger partial charge is 0.256 e. The van der Waals surface area contributed by atoms with Crippen LogP contribution in [0.3, 0.4) is 0 Å². The number of nitrogens with zero attached hydrogens (tertiary/aromatic N) is 2. The second-order valence-electron chi connectivity index (χ2n) is 9.02. The van der Waals surface area contributed by atoms with Crippen molar-refractivity contribution in [1.82, 2.24) is 9.62 Å². The molecule has 0 aromatic heterocycles. The molecule has 2 heterocycles. The predicted octanol–water partition coefficient (Wildman–Crippen LogP) is 3.30. The van der Waals surface area contributed by atoms with E-state index in [1.807, 2.05) is 20.8 Å². The molecule has 0 spiro atoms. The van der Waals surface area contributed by atoms with E-state index in [4.69, 9.17) is 5.26 Å². The quantitative estimate of drug-likeness (QED) is 0.738. The number of carbonyl (C=O) groups excluding carboxylic acids is 1. The van der Waals surface area contributed by atoms with E-state index in [-0.39, 0.29) is 28.3 Å². The highest BCUT2D eigenvalue weighted by atomic mass is 32.2. The van der Waals surface area contributed by atoms with Gasteiger partial charge < -0.3 is 10.0 Å². The number of halogens is 1. The molecule has 7 nitrogen and oxygen atoms in total. The molecule has 166 valence electrons. The largest absolute Gasteiger partial charge is 0.510 e. The van der Waals surface area contributed by atoms with Gasteiger partial charge in [-0.25, -0.2) is 12.8 Å². The Kier molecular flexibility index (Phi) is 5.11. The lowest BCUT2D eigenvalue weighted by Crippen LogP contribution is -2.43. The number of hydrogen-bond acceptors (Lipinski definition) is 5. The van der Waals surface area contributed by atoms with E-state index in [0.717, 1.165) is 6.07 Å². The van der Waals surface area contributed by atoms with E-state index in [9.17, 15) is 22.7 Å². The van der Waals surface area contributed by atoms with Crippen LogP contribution in [0, 0.1) is 22.6 Å². The Hall–Kier alpha value is -3.22. The molecule has 2 N–H and O–H groups in total. The highest BCUT2D eigenvalue weighted by Crippen LogP contribution is 2.44. The van der Waals surface area contributed by atoms with Crippen LogP contribution in [-0.4, -0.2) is 30.4 Å². The third-order valence-electron chi connectivity index (χ3n) is 5.74. The summed E-state index contributed by atoms with van der Waals surface area (Å²) in [5.41, 5.74) is 0.159. The monoisotopic (exact) mass is 455 g/mol. The molecule has 9 heteroatoms. The van der Waals surface area contributed by atoms with Gasteiger partial charge in [-0.3, -0.25) is 4.79 Å². The number of rotatable bonds is 3. The topological polar surface area (TPSA) is 110 Å². The zero-order valence-electron chi connectivity index (χ0n) is 17.8. The number of sulfonamides is 1. The van der Waals surface area contributed by atoms with Crippen LogP contribution in [0.4, 0.5) is 4.39 Å². The first-order valence-electron chi connectivity index (χ1n) is 9.99.